The van der Waals surface area contributed by atoms with E-state index < -0.39 is 0 Å². The fourth-order valence-corrected chi connectivity index (χ4v) is 2.57. The minimum absolute atomic E-state index is 0.797. The van der Waals surface area contributed by atoms with Gasteiger partial charge in [0.15, 0.2) is 0 Å². The molecule has 21 heavy (non-hydrogen) atoms. The van der Waals surface area contributed by atoms with Crippen molar-refractivity contribution in [3.05, 3.63) is 30.1 Å². The molecule has 0 radical (unpaired) electrons. The molecule has 0 bridgehead atoms. The maximum atomic E-state index is 6.10. The number of pyridine rings is 1. The van der Waals surface area contributed by atoms with Gasteiger partial charge in [-0.15, -0.1) is 0 Å². The zero-order valence-electron chi connectivity index (χ0n) is 13.6. The van der Waals surface area contributed by atoms with Crippen molar-refractivity contribution >= 4 is 22.1 Å². The standard InChI is InChI=1S/C17H26N4/c1-5-8-21(10-9-20(3)4)17-7-6-16(18)15-12-19-13(2)11-14(15)17/h6-7,11-12H,5,8-10,18H2,1-4H3. The van der Waals surface area contributed by atoms with Crippen LogP contribution >= 0.6 is 0 Å². The van der Waals surface area contributed by atoms with Gasteiger partial charge in [0.1, 0.15) is 0 Å². The lowest BCUT2D eigenvalue weighted by atomic mass is 10.1. The van der Waals surface area contributed by atoms with Crippen molar-refractivity contribution in [3.63, 3.8) is 0 Å². The number of aryl methyl sites for hydroxylation is 1. The summed E-state index contributed by atoms with van der Waals surface area (Å²) in [6.45, 7) is 7.34. The van der Waals surface area contributed by atoms with Crippen LogP contribution in [-0.2, 0) is 0 Å². The van der Waals surface area contributed by atoms with Crippen LogP contribution in [0.15, 0.2) is 24.4 Å². The van der Waals surface area contributed by atoms with Crippen molar-refractivity contribution in [2.24, 2.45) is 0 Å². The predicted molar refractivity (Wildman–Crippen MR) is 92.0 cm³/mol. The lowest BCUT2D eigenvalue weighted by Gasteiger charge is -2.27. The number of fused-ring (bicyclic) bond motifs is 1. The van der Waals surface area contributed by atoms with Crippen LogP contribution in [0.5, 0.6) is 0 Å². The molecule has 4 nitrogen and oxygen atoms in total. The molecule has 2 aromatic rings. The zero-order valence-corrected chi connectivity index (χ0v) is 13.6. The first-order valence-electron chi connectivity index (χ1n) is 7.57. The number of aromatic nitrogens is 1. The second kappa shape index (κ2) is 6.76. The summed E-state index contributed by atoms with van der Waals surface area (Å²) in [6, 6.07) is 6.27. The predicted octanol–water partition coefficient (Wildman–Crippen LogP) is 2.90. The monoisotopic (exact) mass is 286 g/mol. The van der Waals surface area contributed by atoms with Gasteiger partial charge >= 0.3 is 0 Å². The summed E-state index contributed by atoms with van der Waals surface area (Å²) in [6.07, 6.45) is 3.02. The number of rotatable bonds is 6. The van der Waals surface area contributed by atoms with E-state index in [0.717, 1.165) is 42.8 Å². The fourth-order valence-electron chi connectivity index (χ4n) is 2.57. The molecule has 0 amide bonds. The highest BCUT2D eigenvalue weighted by atomic mass is 15.2. The Hall–Kier alpha value is -1.81. The van der Waals surface area contributed by atoms with Crippen LogP contribution in [0.3, 0.4) is 0 Å². The summed E-state index contributed by atoms with van der Waals surface area (Å²) in [5.74, 6) is 0. The van der Waals surface area contributed by atoms with E-state index in [-0.39, 0.29) is 0 Å². The molecule has 0 fully saturated rings. The zero-order chi connectivity index (χ0) is 15.4. The van der Waals surface area contributed by atoms with Gasteiger partial charge in [0.05, 0.1) is 0 Å². The number of anilines is 2. The van der Waals surface area contributed by atoms with Gasteiger partial charge in [-0.25, -0.2) is 0 Å². The number of hydrogen-bond acceptors (Lipinski definition) is 4. The number of nitrogens with two attached hydrogens (primary N) is 1. The lowest BCUT2D eigenvalue weighted by molar-refractivity contribution is 0.413. The van der Waals surface area contributed by atoms with E-state index in [1.165, 1.54) is 11.1 Å². The topological polar surface area (TPSA) is 45.4 Å². The van der Waals surface area contributed by atoms with Crippen molar-refractivity contribution < 1.29 is 0 Å². The number of likely N-dealkylation sites (N-methyl/N-ethyl adjacent to an activating group) is 1. The van der Waals surface area contributed by atoms with Crippen molar-refractivity contribution in [1.82, 2.24) is 9.88 Å². The van der Waals surface area contributed by atoms with Gasteiger partial charge in [0, 0.05) is 53.7 Å². The summed E-state index contributed by atoms with van der Waals surface area (Å²) >= 11 is 0. The Kier molecular flexibility index (Phi) is 5.02. The van der Waals surface area contributed by atoms with E-state index in [0.29, 0.717) is 0 Å². The second-order valence-electron chi connectivity index (χ2n) is 5.84. The maximum Gasteiger partial charge on any atom is 0.0449 e. The van der Waals surface area contributed by atoms with Crippen LogP contribution in [-0.4, -0.2) is 43.6 Å². The van der Waals surface area contributed by atoms with Gasteiger partial charge in [0.25, 0.3) is 0 Å². The number of nitrogens with zero attached hydrogens (tertiary/aromatic N) is 3. The minimum Gasteiger partial charge on any atom is -0.398 e. The first-order valence-corrected chi connectivity index (χ1v) is 7.57. The fraction of sp³-hybridized carbons (Fsp3) is 0.471. The smallest absolute Gasteiger partial charge is 0.0449 e. The lowest BCUT2D eigenvalue weighted by Crippen LogP contribution is -2.32. The number of nitrogen functional groups attached to an aromatic ring is 1. The molecule has 1 heterocycles. The Bertz CT molecular complexity index is 607. The molecular weight excluding hydrogens is 260 g/mol. The van der Waals surface area contributed by atoms with Gasteiger partial charge in [0.2, 0.25) is 0 Å². The average Bonchev–Trinajstić information content (AvgIpc) is 2.44. The normalized spacial score (nSPS) is 11.3. The van der Waals surface area contributed by atoms with Crippen LogP contribution in [0.4, 0.5) is 11.4 Å². The van der Waals surface area contributed by atoms with Gasteiger partial charge in [-0.05, 0) is 45.6 Å². The van der Waals surface area contributed by atoms with Crippen LogP contribution in [0.1, 0.15) is 19.0 Å². The Morgan fingerprint density at radius 2 is 1.86 bits per heavy atom. The third-order valence-corrected chi connectivity index (χ3v) is 3.70. The maximum absolute atomic E-state index is 6.10. The summed E-state index contributed by atoms with van der Waals surface area (Å²) in [4.78, 5) is 9.04. The summed E-state index contributed by atoms with van der Waals surface area (Å²) in [5.41, 5.74) is 9.19. The Balaban J connectivity index is 2.46. The van der Waals surface area contributed by atoms with Crippen LogP contribution < -0.4 is 10.6 Å². The SMILES string of the molecule is CCCN(CCN(C)C)c1ccc(N)c2cnc(C)cc12. The minimum atomic E-state index is 0.797. The Morgan fingerprint density at radius 1 is 1.10 bits per heavy atom. The van der Waals surface area contributed by atoms with Crippen molar-refractivity contribution in [2.45, 2.75) is 20.3 Å². The van der Waals surface area contributed by atoms with Crippen LogP contribution in [0.25, 0.3) is 10.8 Å². The molecule has 0 unspecified atom stereocenters. The molecule has 0 aliphatic rings. The van der Waals surface area contributed by atoms with Crippen molar-refractivity contribution in [1.29, 1.82) is 0 Å². The quantitative estimate of drug-likeness (QED) is 0.829. The van der Waals surface area contributed by atoms with Gasteiger partial charge < -0.3 is 15.5 Å². The van der Waals surface area contributed by atoms with E-state index in [1.54, 1.807) is 0 Å². The molecule has 0 saturated carbocycles. The van der Waals surface area contributed by atoms with Gasteiger partial charge in [-0.1, -0.05) is 6.92 Å². The highest BCUT2D eigenvalue weighted by Crippen LogP contribution is 2.31. The molecule has 4 heteroatoms. The number of benzene rings is 1. The molecule has 2 rings (SSSR count). The highest BCUT2D eigenvalue weighted by molar-refractivity contribution is 6.01. The first kappa shape index (κ1) is 15.6. The van der Waals surface area contributed by atoms with Crippen molar-refractivity contribution in [3.8, 4) is 0 Å². The van der Waals surface area contributed by atoms with E-state index in [4.69, 9.17) is 5.73 Å². The molecule has 0 aliphatic carbocycles. The summed E-state index contributed by atoms with van der Waals surface area (Å²) < 4.78 is 0. The first-order chi connectivity index (χ1) is 10.0. The molecule has 2 N–H and O–H groups in total. The van der Waals surface area contributed by atoms with Crippen molar-refractivity contribution in [2.75, 3.05) is 44.4 Å². The van der Waals surface area contributed by atoms with Gasteiger partial charge in [-0.3, -0.25) is 4.98 Å². The summed E-state index contributed by atoms with van der Waals surface area (Å²) in [7, 11) is 4.22. The third kappa shape index (κ3) is 3.64. The largest absolute Gasteiger partial charge is 0.398 e. The molecule has 0 atom stereocenters. The number of hydrogen-bond donors (Lipinski definition) is 1. The van der Waals surface area contributed by atoms with Crippen LogP contribution in [0.2, 0.25) is 0 Å². The molecule has 114 valence electrons. The third-order valence-electron chi connectivity index (χ3n) is 3.70. The highest BCUT2D eigenvalue weighted by Gasteiger charge is 2.12. The van der Waals surface area contributed by atoms with E-state index in [1.807, 2.05) is 19.2 Å². The Labute approximate surface area is 127 Å². The molecule has 0 aliphatic heterocycles. The molecule has 0 spiro atoms. The van der Waals surface area contributed by atoms with Gasteiger partial charge in [-0.2, -0.15) is 0 Å². The Morgan fingerprint density at radius 3 is 2.52 bits per heavy atom. The van der Waals surface area contributed by atoms with Crippen LogP contribution in [0, 0.1) is 6.92 Å². The van der Waals surface area contributed by atoms with E-state index in [9.17, 15) is 0 Å². The van der Waals surface area contributed by atoms with E-state index in [2.05, 4.69) is 47.9 Å². The average molecular weight is 286 g/mol. The van der Waals surface area contributed by atoms with E-state index >= 15 is 0 Å². The second-order valence-corrected chi connectivity index (χ2v) is 5.84. The molecular formula is C17H26N4. The molecule has 1 aromatic carbocycles. The molecule has 0 saturated heterocycles. The summed E-state index contributed by atoms with van der Waals surface area (Å²) in [5, 5.41) is 2.25. The molecule has 1 aromatic heterocycles.